The van der Waals surface area contributed by atoms with Gasteiger partial charge in [-0.1, -0.05) is 48.0 Å². The highest BCUT2D eigenvalue weighted by atomic mass is 35.5. The monoisotopic (exact) mass is 414 g/mol. The van der Waals surface area contributed by atoms with Crippen LogP contribution in [0.25, 0.3) is 10.8 Å². The Morgan fingerprint density at radius 1 is 1.11 bits per heavy atom. The Balaban J connectivity index is 1.55. The van der Waals surface area contributed by atoms with Gasteiger partial charge in [0, 0.05) is 0 Å². The van der Waals surface area contributed by atoms with Gasteiger partial charge in [-0.2, -0.15) is 0 Å². The second-order valence-electron chi connectivity index (χ2n) is 7.35. The molecule has 1 aromatic heterocycles. The molecule has 0 radical (unpaired) electrons. The summed E-state index contributed by atoms with van der Waals surface area (Å²) in [5, 5.41) is 5.03. The summed E-state index contributed by atoms with van der Waals surface area (Å²) in [6, 6.07) is 17.3. The summed E-state index contributed by atoms with van der Waals surface area (Å²) in [6.07, 6.45) is 0. The van der Waals surface area contributed by atoms with Gasteiger partial charge in [0.1, 0.15) is 12.1 Å². The number of urea groups is 1. The van der Waals surface area contributed by atoms with Crippen LogP contribution in [0.2, 0.25) is 4.34 Å². The quantitative estimate of drug-likeness (QED) is 0.630. The van der Waals surface area contributed by atoms with Gasteiger partial charge in [-0.05, 0) is 41.5 Å². The van der Waals surface area contributed by atoms with Gasteiger partial charge >= 0.3 is 6.03 Å². The number of benzene rings is 2. The van der Waals surface area contributed by atoms with Crippen molar-refractivity contribution >= 4 is 45.6 Å². The Morgan fingerprint density at radius 3 is 2.57 bits per heavy atom. The zero-order valence-corrected chi connectivity index (χ0v) is 17.2. The van der Waals surface area contributed by atoms with Crippen LogP contribution in [-0.4, -0.2) is 30.6 Å². The molecule has 5 nitrogen and oxygen atoms in total. The van der Waals surface area contributed by atoms with Crippen molar-refractivity contribution in [1.82, 2.24) is 10.2 Å². The first-order valence-electron chi connectivity index (χ1n) is 9.06. The number of carbonyl (C=O) groups is 2. The maximum Gasteiger partial charge on any atom is 0.329 e. The summed E-state index contributed by atoms with van der Waals surface area (Å²) >= 11 is 7.50. The summed E-state index contributed by atoms with van der Waals surface area (Å²) in [6.45, 7) is 2.76. The number of amides is 3. The van der Waals surface area contributed by atoms with Crippen LogP contribution >= 0.6 is 22.9 Å². The molecule has 0 spiro atoms. The Labute approximate surface area is 172 Å². The zero-order valence-electron chi connectivity index (χ0n) is 15.7. The second-order valence-corrected chi connectivity index (χ2v) is 9.15. The van der Waals surface area contributed by atoms with Gasteiger partial charge in [0.25, 0.3) is 5.91 Å². The molecule has 2 heterocycles. The van der Waals surface area contributed by atoms with Crippen LogP contribution < -0.4 is 10.2 Å². The molecule has 7 heteroatoms. The SMILES string of the molecule is C[NH+](Cc1ccc(Cl)s1)CN1C(=O)N[C@@](C)(c2ccc3ccccc3c2)C1=O. The molecule has 144 valence electrons. The number of nitrogens with one attached hydrogen (secondary N) is 2. The third-order valence-electron chi connectivity index (χ3n) is 5.13. The molecule has 3 amide bonds. The van der Waals surface area contributed by atoms with Crippen LogP contribution in [0.1, 0.15) is 17.4 Å². The maximum atomic E-state index is 13.2. The highest BCUT2D eigenvalue weighted by molar-refractivity contribution is 7.16. The maximum absolute atomic E-state index is 13.2. The van der Waals surface area contributed by atoms with Gasteiger partial charge in [0.2, 0.25) is 0 Å². The molecule has 2 N–H and O–H groups in total. The van der Waals surface area contributed by atoms with Crippen molar-refractivity contribution in [3.63, 3.8) is 0 Å². The average Bonchev–Trinajstić information content (AvgIpc) is 3.17. The molecular formula is C21H21ClN3O2S+. The smallest absolute Gasteiger partial charge is 0.319 e. The van der Waals surface area contributed by atoms with E-state index in [2.05, 4.69) is 5.32 Å². The van der Waals surface area contributed by atoms with Crippen LogP contribution in [0.5, 0.6) is 0 Å². The van der Waals surface area contributed by atoms with Crippen LogP contribution in [-0.2, 0) is 16.9 Å². The molecule has 2 atom stereocenters. The van der Waals surface area contributed by atoms with Crippen LogP contribution in [0.3, 0.4) is 0 Å². The first-order valence-corrected chi connectivity index (χ1v) is 10.3. The predicted molar refractivity (Wildman–Crippen MR) is 111 cm³/mol. The fourth-order valence-electron chi connectivity index (χ4n) is 3.61. The minimum atomic E-state index is -1.06. The van der Waals surface area contributed by atoms with Crippen LogP contribution in [0, 0.1) is 0 Å². The normalized spacial score (nSPS) is 20.6. The number of rotatable bonds is 5. The number of nitrogens with zero attached hydrogens (tertiary/aromatic N) is 1. The number of imide groups is 1. The van der Waals surface area contributed by atoms with Crippen LogP contribution in [0.15, 0.2) is 54.6 Å². The summed E-state index contributed by atoms with van der Waals surface area (Å²) in [5.41, 5.74) is -0.275. The minimum Gasteiger partial charge on any atom is -0.319 e. The first-order chi connectivity index (χ1) is 13.4. The fraction of sp³-hybridized carbons (Fsp3) is 0.238. The highest BCUT2D eigenvalue weighted by Crippen LogP contribution is 2.30. The number of hydrogen-bond donors (Lipinski definition) is 2. The second kappa shape index (κ2) is 7.20. The van der Waals surface area contributed by atoms with Gasteiger partial charge in [0.05, 0.1) is 16.3 Å². The number of hydrogen-bond acceptors (Lipinski definition) is 3. The molecule has 0 bridgehead atoms. The van der Waals surface area contributed by atoms with E-state index >= 15 is 0 Å². The third-order valence-corrected chi connectivity index (χ3v) is 6.37. The predicted octanol–water partition coefficient (Wildman–Crippen LogP) is 2.99. The standard InChI is InChI=1S/C21H20ClN3O2S/c1-21(16-8-7-14-5-3-4-6-15(14)11-16)19(26)25(20(27)23-21)13-24(2)12-17-9-10-18(22)28-17/h3-11H,12-13H2,1-2H3,(H,23,27)/p+1/t21-/m0/s1. The molecule has 2 aromatic carbocycles. The molecule has 4 rings (SSSR count). The lowest BCUT2D eigenvalue weighted by atomic mass is 9.90. The van der Waals surface area contributed by atoms with E-state index in [4.69, 9.17) is 11.6 Å². The molecule has 1 unspecified atom stereocenters. The molecule has 1 aliphatic rings. The fourth-order valence-corrected chi connectivity index (χ4v) is 4.81. The van der Waals surface area contributed by atoms with E-state index < -0.39 is 5.54 Å². The molecule has 28 heavy (non-hydrogen) atoms. The number of carbonyl (C=O) groups excluding carboxylic acids is 2. The van der Waals surface area contributed by atoms with E-state index in [0.29, 0.717) is 13.2 Å². The van der Waals surface area contributed by atoms with Gasteiger partial charge in [-0.15, -0.1) is 11.3 Å². The van der Waals surface area contributed by atoms with E-state index in [9.17, 15) is 9.59 Å². The summed E-state index contributed by atoms with van der Waals surface area (Å²) in [4.78, 5) is 29.2. The van der Waals surface area contributed by atoms with Gasteiger partial charge < -0.3 is 10.2 Å². The number of thiophene rings is 1. The molecule has 1 aliphatic heterocycles. The van der Waals surface area contributed by atoms with E-state index in [1.807, 2.05) is 61.6 Å². The first kappa shape index (κ1) is 18.9. The third kappa shape index (κ3) is 3.39. The van der Waals surface area contributed by atoms with E-state index in [-0.39, 0.29) is 11.9 Å². The topological polar surface area (TPSA) is 53.9 Å². The van der Waals surface area contributed by atoms with E-state index in [0.717, 1.165) is 30.4 Å². The Morgan fingerprint density at radius 2 is 1.86 bits per heavy atom. The molecule has 0 saturated carbocycles. The highest BCUT2D eigenvalue weighted by Gasteiger charge is 2.50. The van der Waals surface area contributed by atoms with Crippen molar-refractivity contribution in [3.8, 4) is 0 Å². The minimum absolute atomic E-state index is 0.226. The van der Waals surface area contributed by atoms with E-state index in [1.165, 1.54) is 16.2 Å². The van der Waals surface area contributed by atoms with Crippen LogP contribution in [0.4, 0.5) is 4.79 Å². The van der Waals surface area contributed by atoms with Crippen molar-refractivity contribution in [3.05, 3.63) is 69.4 Å². The van der Waals surface area contributed by atoms with Crippen molar-refractivity contribution in [1.29, 1.82) is 0 Å². The number of halogens is 1. The van der Waals surface area contributed by atoms with Crippen molar-refractivity contribution in [2.45, 2.75) is 19.0 Å². The summed E-state index contributed by atoms with van der Waals surface area (Å²) < 4.78 is 0.738. The van der Waals surface area contributed by atoms with Crippen molar-refractivity contribution in [2.24, 2.45) is 0 Å². The average molecular weight is 415 g/mol. The Bertz CT molecular complexity index is 1070. The molecule has 0 aliphatic carbocycles. The zero-order chi connectivity index (χ0) is 19.9. The summed E-state index contributed by atoms with van der Waals surface area (Å²) in [7, 11) is 1.96. The van der Waals surface area contributed by atoms with Gasteiger partial charge in [0.15, 0.2) is 6.67 Å². The van der Waals surface area contributed by atoms with Crippen molar-refractivity contribution < 1.29 is 14.5 Å². The number of fused-ring (bicyclic) bond motifs is 1. The molecular weight excluding hydrogens is 394 g/mol. The lowest BCUT2D eigenvalue weighted by Gasteiger charge is -2.23. The lowest BCUT2D eigenvalue weighted by molar-refractivity contribution is -0.900. The lowest BCUT2D eigenvalue weighted by Crippen LogP contribution is -3.09. The summed E-state index contributed by atoms with van der Waals surface area (Å²) in [5.74, 6) is -0.226. The Kier molecular flexibility index (Phi) is 4.87. The number of quaternary nitrogens is 1. The molecule has 3 aromatic rings. The molecule has 1 saturated heterocycles. The van der Waals surface area contributed by atoms with Gasteiger partial charge in [-0.3, -0.25) is 4.79 Å². The van der Waals surface area contributed by atoms with Gasteiger partial charge in [-0.25, -0.2) is 9.69 Å². The largest absolute Gasteiger partial charge is 0.329 e. The van der Waals surface area contributed by atoms with Crippen molar-refractivity contribution in [2.75, 3.05) is 13.7 Å². The molecule has 1 fully saturated rings. The Hall–Kier alpha value is -2.41. The van der Waals surface area contributed by atoms with E-state index in [1.54, 1.807) is 6.92 Å².